The summed E-state index contributed by atoms with van der Waals surface area (Å²) in [4.78, 5) is 14.3. The van der Waals surface area contributed by atoms with Crippen molar-refractivity contribution in [1.82, 2.24) is 10.2 Å². The summed E-state index contributed by atoms with van der Waals surface area (Å²) >= 11 is 0. The molecule has 1 amide bonds. The van der Waals surface area contributed by atoms with E-state index < -0.39 is 6.04 Å². The molecule has 120 valence electrons. The molecule has 4 nitrogen and oxygen atoms in total. The molecule has 6 heteroatoms. The number of hydrogen-bond donors (Lipinski definition) is 2. The number of likely N-dealkylation sites (tertiary alicyclic amines) is 1. The number of nitrogens with two attached hydrogens (primary N) is 1. The topological polar surface area (TPSA) is 58.4 Å². The van der Waals surface area contributed by atoms with Gasteiger partial charge in [0.25, 0.3) is 0 Å². The molecule has 1 fully saturated rings. The Morgan fingerprint density at radius 1 is 1.38 bits per heavy atom. The molecule has 0 bridgehead atoms. The second kappa shape index (κ2) is 10.0. The number of carbonyl (C=O) groups is 1. The molecule has 1 aromatic carbocycles. The van der Waals surface area contributed by atoms with Gasteiger partial charge >= 0.3 is 0 Å². The second-order valence-electron chi connectivity index (χ2n) is 5.32. The van der Waals surface area contributed by atoms with E-state index in [1.54, 1.807) is 0 Å². The Balaban J connectivity index is 0.00000200. The van der Waals surface area contributed by atoms with Gasteiger partial charge in [-0.25, -0.2) is 0 Å². The lowest BCUT2D eigenvalue weighted by molar-refractivity contribution is -0.122. The van der Waals surface area contributed by atoms with Crippen molar-refractivity contribution in [2.45, 2.75) is 31.3 Å². The predicted octanol–water partition coefficient (Wildman–Crippen LogP) is 1.61. The molecule has 0 aliphatic carbocycles. The molecule has 0 saturated carbocycles. The van der Waals surface area contributed by atoms with E-state index in [1.165, 1.54) is 6.42 Å². The maximum atomic E-state index is 12.0. The summed E-state index contributed by atoms with van der Waals surface area (Å²) in [6.45, 7) is 1.83. The Labute approximate surface area is 139 Å². The molecular formula is C15H25Cl2N3O. The molecule has 21 heavy (non-hydrogen) atoms. The number of carbonyl (C=O) groups excluding carboxylic acids is 1. The number of benzene rings is 1. The lowest BCUT2D eigenvalue weighted by Gasteiger charge is -2.21. The van der Waals surface area contributed by atoms with Gasteiger partial charge in [-0.15, -0.1) is 24.8 Å². The molecule has 1 aliphatic rings. The SMILES string of the molecule is CN1CCCC1CNC(=O)[C@@H](N)Cc1ccccc1.Cl.Cl. The van der Waals surface area contributed by atoms with Crippen molar-refractivity contribution in [2.24, 2.45) is 5.73 Å². The van der Waals surface area contributed by atoms with Gasteiger partial charge in [0, 0.05) is 12.6 Å². The Kier molecular flexibility index (Phi) is 9.62. The van der Waals surface area contributed by atoms with E-state index in [2.05, 4.69) is 17.3 Å². The number of nitrogens with zero attached hydrogens (tertiary/aromatic N) is 1. The summed E-state index contributed by atoms with van der Waals surface area (Å²) in [7, 11) is 2.10. The van der Waals surface area contributed by atoms with Crippen molar-refractivity contribution in [3.05, 3.63) is 35.9 Å². The van der Waals surface area contributed by atoms with Gasteiger partial charge in [0.05, 0.1) is 6.04 Å². The van der Waals surface area contributed by atoms with E-state index in [4.69, 9.17) is 5.73 Å². The van der Waals surface area contributed by atoms with Crippen LogP contribution >= 0.6 is 24.8 Å². The summed E-state index contributed by atoms with van der Waals surface area (Å²) in [5, 5.41) is 2.97. The minimum absolute atomic E-state index is 0. The average Bonchev–Trinajstić information content (AvgIpc) is 2.82. The Bertz CT molecular complexity index is 417. The van der Waals surface area contributed by atoms with Crippen LogP contribution in [0.5, 0.6) is 0 Å². The van der Waals surface area contributed by atoms with Crippen molar-refractivity contribution in [3.63, 3.8) is 0 Å². The van der Waals surface area contributed by atoms with E-state index in [0.717, 1.165) is 18.5 Å². The van der Waals surface area contributed by atoms with Crippen LogP contribution in [0.25, 0.3) is 0 Å². The van der Waals surface area contributed by atoms with E-state index in [0.29, 0.717) is 19.0 Å². The monoisotopic (exact) mass is 333 g/mol. The minimum Gasteiger partial charge on any atom is -0.353 e. The van der Waals surface area contributed by atoms with Gasteiger partial charge in [-0.05, 0) is 38.4 Å². The van der Waals surface area contributed by atoms with Crippen molar-refractivity contribution in [3.8, 4) is 0 Å². The lowest BCUT2D eigenvalue weighted by Crippen LogP contribution is -2.46. The third-order valence-corrected chi connectivity index (χ3v) is 3.82. The summed E-state index contributed by atoms with van der Waals surface area (Å²) in [5.74, 6) is -0.0517. The molecule has 3 N–H and O–H groups in total. The number of hydrogen-bond acceptors (Lipinski definition) is 3. The van der Waals surface area contributed by atoms with E-state index >= 15 is 0 Å². The average molecular weight is 334 g/mol. The number of nitrogens with one attached hydrogen (secondary N) is 1. The highest BCUT2D eigenvalue weighted by Crippen LogP contribution is 2.13. The van der Waals surface area contributed by atoms with E-state index in [9.17, 15) is 4.79 Å². The Hall–Kier alpha value is -0.810. The molecule has 2 atom stereocenters. The molecule has 1 saturated heterocycles. The van der Waals surface area contributed by atoms with Crippen molar-refractivity contribution >= 4 is 30.7 Å². The van der Waals surface area contributed by atoms with Gasteiger partial charge in [-0.1, -0.05) is 30.3 Å². The standard InChI is InChI=1S/C15H23N3O.2ClH/c1-18-9-5-8-13(18)11-17-15(19)14(16)10-12-6-3-2-4-7-12;;/h2-4,6-7,13-14H,5,8-11,16H2,1H3,(H,17,19);2*1H/t13?,14-;;/m0../s1. The van der Waals surface area contributed by atoms with Crippen LogP contribution in [0.1, 0.15) is 18.4 Å². The fourth-order valence-electron chi connectivity index (χ4n) is 2.55. The highest BCUT2D eigenvalue weighted by atomic mass is 35.5. The molecular weight excluding hydrogens is 309 g/mol. The van der Waals surface area contributed by atoms with Gasteiger partial charge in [-0.3, -0.25) is 4.79 Å². The highest BCUT2D eigenvalue weighted by Gasteiger charge is 2.22. The van der Waals surface area contributed by atoms with Gasteiger partial charge < -0.3 is 16.0 Å². The van der Waals surface area contributed by atoms with Crippen LogP contribution in [0.4, 0.5) is 0 Å². The third-order valence-electron chi connectivity index (χ3n) is 3.82. The first-order chi connectivity index (χ1) is 9.16. The van der Waals surface area contributed by atoms with E-state index in [-0.39, 0.29) is 30.7 Å². The highest BCUT2D eigenvalue weighted by molar-refractivity contribution is 5.85. The first-order valence-corrected chi connectivity index (χ1v) is 6.94. The maximum Gasteiger partial charge on any atom is 0.237 e. The summed E-state index contributed by atoms with van der Waals surface area (Å²) in [5.41, 5.74) is 7.04. The van der Waals surface area contributed by atoms with Crippen molar-refractivity contribution < 1.29 is 4.79 Å². The van der Waals surface area contributed by atoms with Crippen molar-refractivity contribution in [2.75, 3.05) is 20.1 Å². The van der Waals surface area contributed by atoms with Gasteiger partial charge in [0.2, 0.25) is 5.91 Å². The van der Waals surface area contributed by atoms with Crippen molar-refractivity contribution in [1.29, 1.82) is 0 Å². The normalized spacial score (nSPS) is 19.2. The van der Waals surface area contributed by atoms with Gasteiger partial charge in [-0.2, -0.15) is 0 Å². The fraction of sp³-hybridized carbons (Fsp3) is 0.533. The lowest BCUT2D eigenvalue weighted by atomic mass is 10.1. The summed E-state index contributed by atoms with van der Waals surface area (Å²) < 4.78 is 0. The molecule has 0 spiro atoms. The van der Waals surface area contributed by atoms with Crippen LogP contribution in [0, 0.1) is 0 Å². The zero-order valence-corrected chi connectivity index (χ0v) is 14.0. The third kappa shape index (κ3) is 6.22. The molecule has 0 radical (unpaired) electrons. The molecule has 1 aliphatic heterocycles. The molecule has 1 unspecified atom stereocenters. The number of halogens is 2. The maximum absolute atomic E-state index is 12.0. The molecule has 1 heterocycles. The number of rotatable bonds is 5. The second-order valence-corrected chi connectivity index (χ2v) is 5.32. The van der Waals surface area contributed by atoms with Crippen LogP contribution in [0.15, 0.2) is 30.3 Å². The summed E-state index contributed by atoms with van der Waals surface area (Å²) in [6.07, 6.45) is 2.96. The van der Waals surface area contributed by atoms with Crippen LogP contribution < -0.4 is 11.1 Å². The van der Waals surface area contributed by atoms with E-state index in [1.807, 2.05) is 30.3 Å². The van der Waals surface area contributed by atoms with Gasteiger partial charge in [0.15, 0.2) is 0 Å². The Morgan fingerprint density at radius 2 is 2.05 bits per heavy atom. The van der Waals surface area contributed by atoms with Gasteiger partial charge in [0.1, 0.15) is 0 Å². The Morgan fingerprint density at radius 3 is 2.62 bits per heavy atom. The molecule has 0 aromatic heterocycles. The molecule has 1 aromatic rings. The quantitative estimate of drug-likeness (QED) is 0.860. The largest absolute Gasteiger partial charge is 0.353 e. The number of amides is 1. The molecule has 2 rings (SSSR count). The van der Waals surface area contributed by atoms with Crippen LogP contribution in [-0.4, -0.2) is 43.0 Å². The van der Waals surface area contributed by atoms with Crippen LogP contribution in [0.2, 0.25) is 0 Å². The fourth-order valence-corrected chi connectivity index (χ4v) is 2.55. The zero-order chi connectivity index (χ0) is 13.7. The predicted molar refractivity (Wildman–Crippen MR) is 91.3 cm³/mol. The van der Waals surface area contributed by atoms with Crippen LogP contribution in [0.3, 0.4) is 0 Å². The first-order valence-electron chi connectivity index (χ1n) is 6.94. The first kappa shape index (κ1) is 20.2. The minimum atomic E-state index is -0.464. The summed E-state index contributed by atoms with van der Waals surface area (Å²) in [6, 6.07) is 9.89. The van der Waals surface area contributed by atoms with Crippen LogP contribution in [-0.2, 0) is 11.2 Å². The smallest absolute Gasteiger partial charge is 0.237 e. The zero-order valence-electron chi connectivity index (χ0n) is 12.3. The number of likely N-dealkylation sites (N-methyl/N-ethyl adjacent to an activating group) is 1.